The third kappa shape index (κ3) is 6.50. The highest BCUT2D eigenvalue weighted by atomic mass is 16.5. The van der Waals surface area contributed by atoms with Crippen LogP contribution < -0.4 is 4.74 Å². The maximum Gasteiger partial charge on any atom is 0.222 e. The van der Waals surface area contributed by atoms with Crippen LogP contribution in [0.5, 0.6) is 11.6 Å². The molecule has 0 radical (unpaired) electrons. The molecular formula is C29H33N3O3. The first kappa shape index (κ1) is 24.5. The van der Waals surface area contributed by atoms with E-state index >= 15 is 0 Å². The van der Waals surface area contributed by atoms with Crippen molar-refractivity contribution in [1.29, 1.82) is 0 Å². The summed E-state index contributed by atoms with van der Waals surface area (Å²) in [5.41, 5.74) is 3.96. The molecule has 0 fully saturated rings. The Hall–Kier alpha value is -3.61. The van der Waals surface area contributed by atoms with Gasteiger partial charge in [-0.3, -0.25) is 4.90 Å². The SMILES string of the molecule is C=CCCC(O)CN(Cc1ccco1)Cc1c(-c2ccccc2)nn(C)c1Oc1cccc(C)c1. The number of benzene rings is 2. The van der Waals surface area contributed by atoms with Crippen LogP contribution in [-0.2, 0) is 20.1 Å². The largest absolute Gasteiger partial charge is 0.468 e. The first-order chi connectivity index (χ1) is 17.0. The summed E-state index contributed by atoms with van der Waals surface area (Å²) in [6.45, 7) is 7.40. The number of ether oxygens (including phenoxy) is 1. The fraction of sp³-hybridized carbons (Fsp3) is 0.276. The van der Waals surface area contributed by atoms with Crippen LogP contribution >= 0.6 is 0 Å². The van der Waals surface area contributed by atoms with Gasteiger partial charge in [-0.2, -0.15) is 5.10 Å². The molecule has 6 heteroatoms. The van der Waals surface area contributed by atoms with Gasteiger partial charge in [0.2, 0.25) is 5.88 Å². The van der Waals surface area contributed by atoms with Gasteiger partial charge in [0.25, 0.3) is 0 Å². The number of hydrogen-bond acceptors (Lipinski definition) is 5. The van der Waals surface area contributed by atoms with Crippen molar-refractivity contribution in [3.63, 3.8) is 0 Å². The normalized spacial score (nSPS) is 12.1. The van der Waals surface area contributed by atoms with Gasteiger partial charge in [-0.1, -0.05) is 48.5 Å². The van der Waals surface area contributed by atoms with E-state index in [1.54, 1.807) is 10.9 Å². The monoisotopic (exact) mass is 471 g/mol. The summed E-state index contributed by atoms with van der Waals surface area (Å²) in [6.07, 6.45) is 4.44. The number of aliphatic hydroxyl groups excluding tert-OH is 1. The van der Waals surface area contributed by atoms with E-state index in [-0.39, 0.29) is 0 Å². The van der Waals surface area contributed by atoms with E-state index in [4.69, 9.17) is 14.3 Å². The van der Waals surface area contributed by atoms with E-state index in [1.165, 1.54) is 0 Å². The zero-order chi connectivity index (χ0) is 24.6. The van der Waals surface area contributed by atoms with E-state index in [0.717, 1.165) is 40.3 Å². The van der Waals surface area contributed by atoms with Crippen molar-refractivity contribution in [2.24, 2.45) is 7.05 Å². The summed E-state index contributed by atoms with van der Waals surface area (Å²) < 4.78 is 13.8. The summed E-state index contributed by atoms with van der Waals surface area (Å²) in [5.74, 6) is 2.28. The van der Waals surface area contributed by atoms with Crippen molar-refractivity contribution >= 4 is 0 Å². The molecule has 1 atom stereocenters. The second kappa shape index (κ2) is 11.7. The van der Waals surface area contributed by atoms with Crippen molar-refractivity contribution in [2.45, 2.75) is 39.0 Å². The van der Waals surface area contributed by atoms with Crippen molar-refractivity contribution in [3.8, 4) is 22.9 Å². The molecule has 6 nitrogen and oxygen atoms in total. The summed E-state index contributed by atoms with van der Waals surface area (Å²) in [7, 11) is 1.90. The Kier molecular flexibility index (Phi) is 8.19. The number of furan rings is 1. The average molecular weight is 472 g/mol. The molecular weight excluding hydrogens is 438 g/mol. The lowest BCUT2D eigenvalue weighted by molar-refractivity contribution is 0.0941. The first-order valence-electron chi connectivity index (χ1n) is 11.9. The lowest BCUT2D eigenvalue weighted by Crippen LogP contribution is -2.31. The fourth-order valence-corrected chi connectivity index (χ4v) is 4.17. The Bertz CT molecular complexity index is 1220. The van der Waals surface area contributed by atoms with Crippen molar-refractivity contribution in [1.82, 2.24) is 14.7 Å². The second-order valence-electron chi connectivity index (χ2n) is 8.81. The van der Waals surface area contributed by atoms with Crippen LogP contribution in [0.2, 0.25) is 0 Å². The minimum Gasteiger partial charge on any atom is -0.468 e. The predicted octanol–water partition coefficient (Wildman–Crippen LogP) is 6.11. The minimum atomic E-state index is -0.485. The minimum absolute atomic E-state index is 0.485. The van der Waals surface area contributed by atoms with Gasteiger partial charge in [-0.15, -0.1) is 6.58 Å². The average Bonchev–Trinajstić information content (AvgIpc) is 3.47. The number of aryl methyl sites for hydroxylation is 2. The molecule has 35 heavy (non-hydrogen) atoms. The molecule has 1 N–H and O–H groups in total. The van der Waals surface area contributed by atoms with Crippen LogP contribution in [0.15, 0.2) is 90.1 Å². The Balaban J connectivity index is 1.71. The number of aliphatic hydroxyl groups is 1. The maximum atomic E-state index is 10.7. The van der Waals surface area contributed by atoms with Crippen LogP contribution in [-0.4, -0.2) is 32.4 Å². The smallest absolute Gasteiger partial charge is 0.222 e. The number of nitrogens with zero attached hydrogens (tertiary/aromatic N) is 3. The Labute approximate surface area is 207 Å². The van der Waals surface area contributed by atoms with Gasteiger partial charge < -0.3 is 14.3 Å². The molecule has 0 aliphatic carbocycles. The zero-order valence-electron chi connectivity index (χ0n) is 20.4. The molecule has 0 bridgehead atoms. The molecule has 0 saturated carbocycles. The quantitative estimate of drug-likeness (QED) is 0.253. The first-order valence-corrected chi connectivity index (χ1v) is 11.9. The summed E-state index contributed by atoms with van der Waals surface area (Å²) in [5, 5.41) is 15.6. The molecule has 4 rings (SSSR count). The summed E-state index contributed by atoms with van der Waals surface area (Å²) in [6, 6.07) is 21.9. The van der Waals surface area contributed by atoms with Gasteiger partial charge in [-0.25, -0.2) is 4.68 Å². The molecule has 0 saturated heterocycles. The van der Waals surface area contributed by atoms with E-state index < -0.39 is 6.10 Å². The summed E-state index contributed by atoms with van der Waals surface area (Å²) in [4.78, 5) is 2.18. The van der Waals surface area contributed by atoms with Gasteiger partial charge in [0, 0.05) is 25.7 Å². The molecule has 2 aromatic heterocycles. The highest BCUT2D eigenvalue weighted by molar-refractivity contribution is 5.65. The van der Waals surface area contributed by atoms with Gasteiger partial charge >= 0.3 is 0 Å². The number of aromatic nitrogens is 2. The third-order valence-electron chi connectivity index (χ3n) is 5.85. The van der Waals surface area contributed by atoms with E-state index in [0.29, 0.717) is 31.9 Å². The van der Waals surface area contributed by atoms with E-state index in [9.17, 15) is 5.11 Å². The van der Waals surface area contributed by atoms with Crippen molar-refractivity contribution in [2.75, 3.05) is 6.54 Å². The molecule has 2 heterocycles. The highest BCUT2D eigenvalue weighted by Crippen LogP contribution is 2.34. The summed E-state index contributed by atoms with van der Waals surface area (Å²) >= 11 is 0. The topological polar surface area (TPSA) is 63.7 Å². The molecule has 0 spiro atoms. The fourth-order valence-electron chi connectivity index (χ4n) is 4.17. The van der Waals surface area contributed by atoms with Crippen LogP contribution in [0.1, 0.15) is 29.7 Å². The maximum absolute atomic E-state index is 10.7. The Morgan fingerprint density at radius 2 is 1.94 bits per heavy atom. The zero-order valence-corrected chi connectivity index (χ0v) is 20.4. The molecule has 0 aliphatic rings. The molecule has 182 valence electrons. The molecule has 4 aromatic rings. The third-order valence-corrected chi connectivity index (χ3v) is 5.85. The van der Waals surface area contributed by atoms with Crippen LogP contribution in [0.25, 0.3) is 11.3 Å². The van der Waals surface area contributed by atoms with Crippen LogP contribution in [0.3, 0.4) is 0 Å². The molecule has 1 unspecified atom stereocenters. The van der Waals surface area contributed by atoms with Crippen LogP contribution in [0, 0.1) is 6.92 Å². The second-order valence-corrected chi connectivity index (χ2v) is 8.81. The van der Waals surface area contributed by atoms with Gasteiger partial charge in [-0.05, 0) is 49.6 Å². The van der Waals surface area contributed by atoms with E-state index in [2.05, 4.69) is 23.6 Å². The molecule has 0 amide bonds. The van der Waals surface area contributed by atoms with Crippen molar-refractivity contribution < 1.29 is 14.3 Å². The lowest BCUT2D eigenvalue weighted by Gasteiger charge is -2.24. The Morgan fingerprint density at radius 3 is 2.66 bits per heavy atom. The predicted molar refractivity (Wildman–Crippen MR) is 138 cm³/mol. The molecule has 0 aliphatic heterocycles. The number of allylic oxidation sites excluding steroid dienone is 1. The van der Waals surface area contributed by atoms with E-state index in [1.807, 2.05) is 74.6 Å². The van der Waals surface area contributed by atoms with Crippen molar-refractivity contribution in [3.05, 3.63) is 103 Å². The standard InChI is InChI=1S/C29H33N3O3/c1-4-5-14-24(33)19-32(20-26-16-10-17-34-26)21-27-28(23-12-7-6-8-13-23)30-31(3)29(27)35-25-15-9-11-22(2)18-25/h4,6-13,15-18,24,33H,1,5,14,19-21H2,2-3H3. The number of rotatable bonds is 12. The highest BCUT2D eigenvalue weighted by Gasteiger charge is 2.24. The van der Waals surface area contributed by atoms with Gasteiger partial charge in [0.15, 0.2) is 0 Å². The Morgan fingerprint density at radius 1 is 1.11 bits per heavy atom. The van der Waals surface area contributed by atoms with Gasteiger partial charge in [0.1, 0.15) is 17.2 Å². The van der Waals surface area contributed by atoms with Crippen LogP contribution in [0.4, 0.5) is 0 Å². The number of hydrogen-bond donors (Lipinski definition) is 1. The lowest BCUT2D eigenvalue weighted by atomic mass is 10.1. The molecule has 2 aromatic carbocycles. The van der Waals surface area contributed by atoms with Gasteiger partial charge in [0.05, 0.1) is 24.5 Å².